The SMILES string of the molecule is O=S(=O)([O-])CCCOc1cc(N=Nc2ccc(Cl)c(S(=O)(=O)[O-])c2)c(Cl)cc1Nc1nc(Cl)nc(Cl)n1.[Na+].[Na+]. The van der Waals surface area contributed by atoms with Crippen molar-refractivity contribution in [3.05, 3.63) is 50.9 Å². The minimum absolute atomic E-state index is 0. The number of halogens is 4. The molecule has 0 radical (unpaired) electrons. The summed E-state index contributed by atoms with van der Waals surface area (Å²) in [6, 6.07) is 6.08. The first-order chi connectivity index (χ1) is 17.2. The fraction of sp³-hybridized carbons (Fsp3) is 0.167. The fourth-order valence-electron chi connectivity index (χ4n) is 2.61. The summed E-state index contributed by atoms with van der Waals surface area (Å²) >= 11 is 23.6. The minimum Gasteiger partial charge on any atom is -0.748 e. The largest absolute Gasteiger partial charge is 1.00 e. The van der Waals surface area contributed by atoms with Gasteiger partial charge in [0.15, 0.2) is 0 Å². The Labute approximate surface area is 287 Å². The second kappa shape index (κ2) is 15.7. The Morgan fingerprint density at radius 1 is 0.872 bits per heavy atom. The summed E-state index contributed by atoms with van der Waals surface area (Å²) in [5.41, 5.74) is 0.194. The monoisotopic (exact) mass is 674 g/mol. The molecule has 1 aromatic heterocycles. The summed E-state index contributed by atoms with van der Waals surface area (Å²) in [6.45, 7) is -0.186. The Morgan fingerprint density at radius 2 is 1.51 bits per heavy atom. The van der Waals surface area contributed by atoms with Crippen LogP contribution in [0.5, 0.6) is 5.75 Å². The molecule has 0 unspecified atom stereocenters. The number of rotatable bonds is 10. The van der Waals surface area contributed by atoms with E-state index in [1.165, 1.54) is 24.3 Å². The molecule has 0 spiro atoms. The molecule has 0 aliphatic heterocycles. The van der Waals surface area contributed by atoms with Gasteiger partial charge in [0.1, 0.15) is 21.6 Å². The number of ether oxygens (including phenoxy) is 1. The van der Waals surface area contributed by atoms with Crippen LogP contribution >= 0.6 is 46.4 Å². The first-order valence-corrected chi connectivity index (χ1v) is 14.1. The first kappa shape index (κ1) is 36.7. The van der Waals surface area contributed by atoms with Crippen molar-refractivity contribution < 1.29 is 89.8 Å². The van der Waals surface area contributed by atoms with Gasteiger partial charge in [-0.25, -0.2) is 16.8 Å². The van der Waals surface area contributed by atoms with Gasteiger partial charge in [-0.3, -0.25) is 0 Å². The van der Waals surface area contributed by atoms with Crippen LogP contribution in [0.4, 0.5) is 23.0 Å². The zero-order valence-electron chi connectivity index (χ0n) is 19.9. The Bertz CT molecular complexity index is 1560. The van der Waals surface area contributed by atoms with Crippen LogP contribution in [0.3, 0.4) is 0 Å². The van der Waals surface area contributed by atoms with Crippen molar-refractivity contribution in [2.45, 2.75) is 11.3 Å². The van der Waals surface area contributed by atoms with Gasteiger partial charge in [0.05, 0.1) is 43.0 Å². The standard InChI is InChI=1S/C18H14Cl4N6O7S2.2Na/c19-10-3-2-9(6-15(10)37(32,33)34)27-28-12-8-14(35-4-1-5-36(29,30)31)13(7-11(12)20)23-18-25-16(21)24-17(22)26-18;;/h2-3,6-8H,1,4-5H2,(H,29,30,31)(H,32,33,34)(H,23,24,25,26);;/q;2*+1/p-2. The van der Waals surface area contributed by atoms with Crippen molar-refractivity contribution in [1.29, 1.82) is 0 Å². The molecule has 0 aliphatic carbocycles. The number of nitrogens with one attached hydrogen (secondary N) is 1. The summed E-state index contributed by atoms with van der Waals surface area (Å²) in [5.74, 6) is -0.668. The molecule has 3 rings (SSSR count). The summed E-state index contributed by atoms with van der Waals surface area (Å²) in [5, 5.41) is 9.93. The quantitative estimate of drug-likeness (QED) is 0.118. The summed E-state index contributed by atoms with van der Waals surface area (Å²) < 4.78 is 72.2. The summed E-state index contributed by atoms with van der Waals surface area (Å²) in [4.78, 5) is 10.7. The van der Waals surface area contributed by atoms with Gasteiger partial charge in [0.2, 0.25) is 16.5 Å². The second-order valence-electron chi connectivity index (χ2n) is 6.85. The van der Waals surface area contributed by atoms with Gasteiger partial charge in [0.25, 0.3) is 0 Å². The van der Waals surface area contributed by atoms with Gasteiger partial charge in [0, 0.05) is 11.8 Å². The van der Waals surface area contributed by atoms with E-state index in [2.05, 4.69) is 30.5 Å². The van der Waals surface area contributed by atoms with E-state index in [4.69, 9.17) is 51.1 Å². The minimum atomic E-state index is -4.86. The van der Waals surface area contributed by atoms with Crippen molar-refractivity contribution in [3.8, 4) is 5.75 Å². The molecule has 198 valence electrons. The zero-order chi connectivity index (χ0) is 27.4. The van der Waals surface area contributed by atoms with E-state index in [-0.39, 0.29) is 122 Å². The molecule has 0 bridgehead atoms. The van der Waals surface area contributed by atoms with Crippen molar-refractivity contribution in [1.82, 2.24) is 15.0 Å². The smallest absolute Gasteiger partial charge is 0.748 e. The van der Waals surface area contributed by atoms with Crippen LogP contribution in [0.1, 0.15) is 6.42 Å². The van der Waals surface area contributed by atoms with Crippen LogP contribution in [-0.2, 0) is 20.2 Å². The Balaban J connectivity index is 0.00000380. The molecular weight excluding hydrogens is 664 g/mol. The van der Waals surface area contributed by atoms with E-state index in [1.807, 2.05) is 0 Å². The molecule has 0 atom stereocenters. The van der Waals surface area contributed by atoms with Gasteiger partial charge in [-0.1, -0.05) is 23.2 Å². The van der Waals surface area contributed by atoms with Crippen molar-refractivity contribution in [2.75, 3.05) is 17.7 Å². The Kier molecular flexibility index (Phi) is 14.8. The van der Waals surface area contributed by atoms with Crippen LogP contribution in [0.25, 0.3) is 0 Å². The molecule has 0 aliphatic rings. The molecular formula is C18H12Cl4N6Na2O7S2. The van der Waals surface area contributed by atoms with Crippen LogP contribution in [0.2, 0.25) is 20.6 Å². The number of anilines is 2. The molecule has 0 saturated carbocycles. The maximum Gasteiger partial charge on any atom is 1.00 e. The molecule has 39 heavy (non-hydrogen) atoms. The fourth-order valence-corrected chi connectivity index (χ4v) is 4.62. The topological polar surface area (TPSA) is 199 Å². The number of azo groups is 1. The molecule has 0 fully saturated rings. The average Bonchev–Trinajstić information content (AvgIpc) is 2.76. The first-order valence-electron chi connectivity index (χ1n) is 9.62. The molecule has 0 saturated heterocycles. The maximum atomic E-state index is 11.4. The number of hydrogen-bond acceptors (Lipinski definition) is 13. The molecule has 3 aromatic rings. The maximum absolute atomic E-state index is 11.4. The predicted molar refractivity (Wildman–Crippen MR) is 133 cm³/mol. The third-order valence-corrected chi connectivity index (χ3v) is 6.88. The van der Waals surface area contributed by atoms with Crippen molar-refractivity contribution in [3.63, 3.8) is 0 Å². The predicted octanol–water partition coefficient (Wildman–Crippen LogP) is -1.13. The van der Waals surface area contributed by atoms with Gasteiger partial charge in [-0.2, -0.15) is 20.1 Å². The van der Waals surface area contributed by atoms with Gasteiger partial charge in [-0.05, 0) is 53.9 Å². The Morgan fingerprint density at radius 3 is 2.10 bits per heavy atom. The van der Waals surface area contributed by atoms with Crippen molar-refractivity contribution in [2.24, 2.45) is 10.2 Å². The third-order valence-electron chi connectivity index (χ3n) is 4.13. The number of aromatic nitrogens is 3. The molecule has 21 heteroatoms. The summed E-state index contributed by atoms with van der Waals surface area (Å²) in [7, 11) is -9.31. The van der Waals surface area contributed by atoms with Crippen LogP contribution in [0, 0.1) is 0 Å². The van der Waals surface area contributed by atoms with Crippen LogP contribution in [0.15, 0.2) is 45.5 Å². The van der Waals surface area contributed by atoms with Crippen LogP contribution in [-0.4, -0.2) is 53.3 Å². The van der Waals surface area contributed by atoms with E-state index < -0.39 is 30.9 Å². The second-order valence-corrected chi connectivity index (χ2v) is 11.2. The average molecular weight is 676 g/mol. The molecule has 2 aromatic carbocycles. The summed E-state index contributed by atoms with van der Waals surface area (Å²) in [6.07, 6.45) is -0.120. The normalized spacial score (nSPS) is 11.5. The molecule has 0 amide bonds. The van der Waals surface area contributed by atoms with Gasteiger partial charge in [-0.15, -0.1) is 5.11 Å². The van der Waals surface area contributed by atoms with E-state index >= 15 is 0 Å². The van der Waals surface area contributed by atoms with E-state index in [0.29, 0.717) is 0 Å². The van der Waals surface area contributed by atoms with Crippen molar-refractivity contribution >= 4 is 89.7 Å². The zero-order valence-corrected chi connectivity index (χ0v) is 28.6. The number of nitrogens with zero attached hydrogens (tertiary/aromatic N) is 5. The van der Waals surface area contributed by atoms with E-state index in [1.54, 1.807) is 0 Å². The van der Waals surface area contributed by atoms with E-state index in [9.17, 15) is 25.9 Å². The Hall–Kier alpha value is -0.370. The number of benzene rings is 2. The third kappa shape index (κ3) is 11.8. The van der Waals surface area contributed by atoms with E-state index in [0.717, 1.165) is 6.07 Å². The van der Waals surface area contributed by atoms with Crippen LogP contribution < -0.4 is 69.2 Å². The van der Waals surface area contributed by atoms with Gasteiger partial charge < -0.3 is 19.2 Å². The number of hydrogen-bond donors (Lipinski definition) is 1. The molecule has 13 nitrogen and oxygen atoms in total. The van der Waals surface area contributed by atoms with Gasteiger partial charge >= 0.3 is 59.1 Å². The molecule has 1 heterocycles. The molecule has 1 N–H and O–H groups in total.